The van der Waals surface area contributed by atoms with Crippen LogP contribution in [0.3, 0.4) is 0 Å². The SMILES string of the molecule is CC1(C)CC(C)(C)C(NC2=CCCC=C2)=N1. The van der Waals surface area contributed by atoms with Crippen LogP contribution >= 0.6 is 0 Å². The lowest BCUT2D eigenvalue weighted by molar-refractivity contribution is 0.389. The van der Waals surface area contributed by atoms with Crippen molar-refractivity contribution in [2.24, 2.45) is 10.4 Å². The number of nitrogens with zero attached hydrogens (tertiary/aromatic N) is 1. The van der Waals surface area contributed by atoms with Gasteiger partial charge in [0.15, 0.2) is 0 Å². The highest BCUT2D eigenvalue weighted by atomic mass is 15.1. The van der Waals surface area contributed by atoms with Crippen LogP contribution in [0.2, 0.25) is 0 Å². The minimum Gasteiger partial charge on any atom is -0.344 e. The molecule has 0 aromatic heterocycles. The normalized spacial score (nSPS) is 26.2. The van der Waals surface area contributed by atoms with Gasteiger partial charge in [-0.15, -0.1) is 0 Å². The van der Waals surface area contributed by atoms with Gasteiger partial charge in [0.2, 0.25) is 0 Å². The Hall–Kier alpha value is -1.05. The van der Waals surface area contributed by atoms with E-state index in [1.807, 2.05) is 0 Å². The predicted molar refractivity (Wildman–Crippen MR) is 69.5 cm³/mol. The molecule has 0 radical (unpaired) electrons. The summed E-state index contributed by atoms with van der Waals surface area (Å²) in [6, 6.07) is 0. The van der Waals surface area contributed by atoms with E-state index in [0.717, 1.165) is 25.1 Å². The van der Waals surface area contributed by atoms with Crippen molar-refractivity contribution in [3.05, 3.63) is 23.9 Å². The predicted octanol–water partition coefficient (Wildman–Crippen LogP) is 3.42. The molecule has 0 saturated heterocycles. The summed E-state index contributed by atoms with van der Waals surface area (Å²) in [6.45, 7) is 8.93. The second-order valence-electron chi connectivity index (χ2n) is 6.10. The third-order valence-corrected chi connectivity index (χ3v) is 3.19. The number of aliphatic imine (C=N–C) groups is 1. The van der Waals surface area contributed by atoms with Crippen LogP contribution in [0.4, 0.5) is 0 Å². The fourth-order valence-corrected chi connectivity index (χ4v) is 2.70. The molecule has 0 saturated carbocycles. The van der Waals surface area contributed by atoms with Crippen molar-refractivity contribution in [3.63, 3.8) is 0 Å². The molecule has 0 bridgehead atoms. The highest BCUT2D eigenvalue weighted by Crippen LogP contribution is 2.38. The largest absolute Gasteiger partial charge is 0.344 e. The molecule has 1 heterocycles. The zero-order chi connectivity index (χ0) is 11.8. The van der Waals surface area contributed by atoms with Gasteiger partial charge >= 0.3 is 0 Å². The first-order chi connectivity index (χ1) is 7.39. The molecule has 2 nitrogen and oxygen atoms in total. The second-order valence-corrected chi connectivity index (χ2v) is 6.10. The van der Waals surface area contributed by atoms with E-state index in [1.54, 1.807) is 0 Å². The van der Waals surface area contributed by atoms with E-state index in [0.29, 0.717) is 0 Å². The molecule has 0 spiro atoms. The molecular weight excluding hydrogens is 196 g/mol. The van der Waals surface area contributed by atoms with E-state index in [1.165, 1.54) is 5.70 Å². The molecule has 88 valence electrons. The van der Waals surface area contributed by atoms with Gasteiger partial charge in [0.25, 0.3) is 0 Å². The molecule has 2 heteroatoms. The molecule has 2 rings (SSSR count). The minimum absolute atomic E-state index is 0.0742. The van der Waals surface area contributed by atoms with Gasteiger partial charge in [-0.05, 0) is 39.2 Å². The van der Waals surface area contributed by atoms with Crippen LogP contribution in [0.1, 0.15) is 47.0 Å². The van der Waals surface area contributed by atoms with E-state index in [9.17, 15) is 0 Å². The molecule has 1 aliphatic heterocycles. The lowest BCUT2D eigenvalue weighted by Gasteiger charge is -2.23. The summed E-state index contributed by atoms with van der Waals surface area (Å²) < 4.78 is 0. The number of hydrogen-bond acceptors (Lipinski definition) is 2. The number of nitrogens with one attached hydrogen (secondary N) is 1. The third-order valence-electron chi connectivity index (χ3n) is 3.19. The van der Waals surface area contributed by atoms with Gasteiger partial charge in [0.1, 0.15) is 5.84 Å². The summed E-state index contributed by atoms with van der Waals surface area (Å²) in [5, 5.41) is 3.49. The van der Waals surface area contributed by atoms with Crippen molar-refractivity contribution in [2.75, 3.05) is 0 Å². The van der Waals surface area contributed by atoms with Gasteiger partial charge in [-0.2, -0.15) is 0 Å². The maximum absolute atomic E-state index is 4.80. The molecular formula is C14H22N2. The zero-order valence-corrected chi connectivity index (χ0v) is 10.8. The van der Waals surface area contributed by atoms with Crippen molar-refractivity contribution >= 4 is 5.84 Å². The quantitative estimate of drug-likeness (QED) is 0.716. The second kappa shape index (κ2) is 3.76. The van der Waals surface area contributed by atoms with Crippen molar-refractivity contribution in [1.82, 2.24) is 5.32 Å². The fraction of sp³-hybridized carbons (Fsp3) is 0.643. The first-order valence-corrected chi connectivity index (χ1v) is 6.13. The summed E-state index contributed by atoms with van der Waals surface area (Å²) in [4.78, 5) is 4.80. The molecule has 1 N–H and O–H groups in total. The molecule has 0 unspecified atom stereocenters. The number of amidine groups is 1. The Bertz CT molecular complexity index is 370. The lowest BCUT2D eigenvalue weighted by atomic mass is 9.83. The van der Waals surface area contributed by atoms with E-state index < -0.39 is 0 Å². The van der Waals surface area contributed by atoms with Crippen molar-refractivity contribution < 1.29 is 0 Å². The first-order valence-electron chi connectivity index (χ1n) is 6.13. The van der Waals surface area contributed by atoms with Gasteiger partial charge in [0.05, 0.1) is 5.54 Å². The average molecular weight is 218 g/mol. The highest BCUT2D eigenvalue weighted by molar-refractivity contribution is 5.91. The molecule has 0 atom stereocenters. The number of allylic oxidation sites excluding steroid dienone is 3. The van der Waals surface area contributed by atoms with E-state index in [4.69, 9.17) is 4.99 Å². The Morgan fingerprint density at radius 1 is 1.19 bits per heavy atom. The summed E-state index contributed by atoms with van der Waals surface area (Å²) >= 11 is 0. The van der Waals surface area contributed by atoms with Gasteiger partial charge in [-0.25, -0.2) is 0 Å². The van der Waals surface area contributed by atoms with Crippen LogP contribution in [0.15, 0.2) is 28.9 Å². The topological polar surface area (TPSA) is 24.4 Å². The van der Waals surface area contributed by atoms with Crippen molar-refractivity contribution in [2.45, 2.75) is 52.5 Å². The average Bonchev–Trinajstić information content (AvgIpc) is 2.36. The van der Waals surface area contributed by atoms with Crippen LogP contribution < -0.4 is 5.32 Å². The van der Waals surface area contributed by atoms with Crippen molar-refractivity contribution in [1.29, 1.82) is 0 Å². The van der Waals surface area contributed by atoms with E-state index in [-0.39, 0.29) is 11.0 Å². The number of rotatable bonds is 1. The van der Waals surface area contributed by atoms with Crippen LogP contribution in [-0.2, 0) is 0 Å². The minimum atomic E-state index is 0.0742. The smallest absolute Gasteiger partial charge is 0.107 e. The summed E-state index contributed by atoms with van der Waals surface area (Å²) in [5.41, 5.74) is 1.44. The zero-order valence-electron chi connectivity index (χ0n) is 10.8. The third kappa shape index (κ3) is 2.37. The molecule has 0 aromatic carbocycles. The standard InChI is InChI=1S/C14H22N2/c1-13(2)10-14(3,4)16-12(13)15-11-8-6-5-7-9-11/h6,8-9H,5,7,10H2,1-4H3,(H,15,16). The molecule has 1 aliphatic carbocycles. The van der Waals surface area contributed by atoms with Gasteiger partial charge in [-0.3, -0.25) is 4.99 Å². The van der Waals surface area contributed by atoms with Crippen LogP contribution in [0.5, 0.6) is 0 Å². The van der Waals surface area contributed by atoms with Crippen LogP contribution in [-0.4, -0.2) is 11.4 Å². The summed E-state index contributed by atoms with van der Waals surface area (Å²) in [6.07, 6.45) is 10.0. The number of hydrogen-bond donors (Lipinski definition) is 1. The molecule has 0 amide bonds. The fourth-order valence-electron chi connectivity index (χ4n) is 2.70. The van der Waals surface area contributed by atoms with Crippen LogP contribution in [0, 0.1) is 5.41 Å². The first kappa shape index (κ1) is 11.4. The maximum Gasteiger partial charge on any atom is 0.107 e. The van der Waals surface area contributed by atoms with Crippen molar-refractivity contribution in [3.8, 4) is 0 Å². The van der Waals surface area contributed by atoms with Crippen LogP contribution in [0.25, 0.3) is 0 Å². The van der Waals surface area contributed by atoms with E-state index >= 15 is 0 Å². The Morgan fingerprint density at radius 2 is 1.94 bits per heavy atom. The summed E-state index contributed by atoms with van der Waals surface area (Å²) in [5.74, 6) is 1.13. The lowest BCUT2D eigenvalue weighted by Crippen LogP contribution is -2.33. The molecule has 16 heavy (non-hydrogen) atoms. The Labute approximate surface area is 98.5 Å². The monoisotopic (exact) mass is 218 g/mol. The van der Waals surface area contributed by atoms with Gasteiger partial charge in [-0.1, -0.05) is 26.0 Å². The van der Waals surface area contributed by atoms with E-state index in [2.05, 4.69) is 51.2 Å². The Morgan fingerprint density at radius 3 is 2.44 bits per heavy atom. The van der Waals surface area contributed by atoms with Gasteiger partial charge in [0, 0.05) is 11.1 Å². The molecule has 2 aliphatic rings. The highest BCUT2D eigenvalue weighted by Gasteiger charge is 2.39. The molecule has 0 fully saturated rings. The molecule has 0 aromatic rings. The Kier molecular flexibility index (Phi) is 2.69. The maximum atomic E-state index is 4.80. The summed E-state index contributed by atoms with van der Waals surface area (Å²) in [7, 11) is 0. The van der Waals surface area contributed by atoms with Gasteiger partial charge < -0.3 is 5.32 Å². The Balaban J connectivity index is 2.15.